The molecule has 36 heavy (non-hydrogen) atoms. The minimum atomic E-state index is -1.25. The first-order chi connectivity index (χ1) is 16.9. The molecule has 0 aromatic rings. The number of rotatable bonds is 13. The van der Waals surface area contributed by atoms with Gasteiger partial charge in [0.25, 0.3) is 0 Å². The van der Waals surface area contributed by atoms with Gasteiger partial charge in [0.15, 0.2) is 5.96 Å². The molecule has 2 rings (SSSR count). The van der Waals surface area contributed by atoms with Gasteiger partial charge in [0.05, 0.1) is 6.10 Å². The van der Waals surface area contributed by atoms with E-state index in [0.29, 0.717) is 51.6 Å². The second kappa shape index (κ2) is 12.8. The minimum Gasteiger partial charge on any atom is -0.480 e. The lowest BCUT2D eigenvalue weighted by Crippen LogP contribution is -2.69. The van der Waals surface area contributed by atoms with Crippen LogP contribution in [-0.2, 0) is 19.2 Å². The van der Waals surface area contributed by atoms with Crippen LogP contribution in [0.25, 0.3) is 0 Å². The lowest BCUT2D eigenvalue weighted by atomic mass is 9.65. The van der Waals surface area contributed by atoms with Crippen molar-refractivity contribution in [3.05, 3.63) is 0 Å². The summed E-state index contributed by atoms with van der Waals surface area (Å²) in [7, 11) is 0. The van der Waals surface area contributed by atoms with Gasteiger partial charge in [-0.25, -0.2) is 4.79 Å². The zero-order chi connectivity index (χ0) is 27.0. The van der Waals surface area contributed by atoms with Crippen molar-refractivity contribution >= 4 is 29.7 Å². The predicted octanol–water partition coefficient (Wildman–Crippen LogP) is -3.08. The number of hydrogen-bond acceptors (Lipinski definition) is 8. The average Bonchev–Trinajstić information content (AvgIpc) is 3.27. The molecule has 1 aliphatic heterocycles. The van der Waals surface area contributed by atoms with Gasteiger partial charge in [-0.1, -0.05) is 0 Å². The molecule has 0 radical (unpaired) electrons. The Morgan fingerprint density at radius 3 is 2.44 bits per heavy atom. The summed E-state index contributed by atoms with van der Waals surface area (Å²) in [5, 5.41) is 24.5. The number of aliphatic hydroxyl groups is 1. The Kier molecular flexibility index (Phi) is 10.4. The third kappa shape index (κ3) is 7.27. The summed E-state index contributed by atoms with van der Waals surface area (Å²) in [6.07, 6.45) is 1.61. The number of carboxylic acids is 1. The van der Waals surface area contributed by atoms with Crippen molar-refractivity contribution in [3.8, 4) is 0 Å². The van der Waals surface area contributed by atoms with Crippen LogP contribution in [0.2, 0.25) is 0 Å². The molecule has 204 valence electrons. The van der Waals surface area contributed by atoms with Crippen LogP contribution in [0, 0.1) is 5.92 Å². The quantitative estimate of drug-likeness (QED) is 0.0701. The number of aliphatic hydroxyl groups excluding tert-OH is 1. The van der Waals surface area contributed by atoms with Gasteiger partial charge >= 0.3 is 5.97 Å². The Balaban J connectivity index is 2.12. The number of carboxylic acid groups (broad SMARTS) is 1. The Morgan fingerprint density at radius 1 is 1.22 bits per heavy atom. The lowest BCUT2D eigenvalue weighted by Gasteiger charge is -2.49. The fourth-order valence-electron chi connectivity index (χ4n) is 4.82. The lowest BCUT2D eigenvalue weighted by molar-refractivity contribution is -0.153. The maximum Gasteiger partial charge on any atom is 0.326 e. The molecule has 0 bridgehead atoms. The topological polar surface area (TPSA) is 252 Å². The fraction of sp³-hybridized carbons (Fsp3) is 0.773. The third-order valence-electron chi connectivity index (χ3n) is 6.82. The number of carbonyl (C=O) groups is 4. The smallest absolute Gasteiger partial charge is 0.326 e. The molecule has 1 saturated heterocycles. The highest BCUT2D eigenvalue weighted by atomic mass is 16.4. The Labute approximate surface area is 210 Å². The van der Waals surface area contributed by atoms with Crippen LogP contribution < -0.4 is 33.6 Å². The molecule has 2 fully saturated rings. The number of nitrogens with one attached hydrogen (secondary N) is 2. The average molecular weight is 513 g/mol. The van der Waals surface area contributed by atoms with E-state index < -0.39 is 53.5 Å². The van der Waals surface area contributed by atoms with Gasteiger partial charge in [-0.15, -0.1) is 0 Å². The zero-order valence-electron chi connectivity index (χ0n) is 20.7. The SMILES string of the molecule is C[C@@H](O)[C@H](N)C(=O)NC1(C(=O)N2CCC[C@H]2C(=O)N[C@@H](CCCN=C(N)N)C(=O)O)CC(CCN)C1. The van der Waals surface area contributed by atoms with Gasteiger partial charge in [-0.2, -0.15) is 0 Å². The van der Waals surface area contributed by atoms with E-state index in [1.165, 1.54) is 11.8 Å². The summed E-state index contributed by atoms with van der Waals surface area (Å²) >= 11 is 0. The monoisotopic (exact) mass is 512 g/mol. The Bertz CT molecular complexity index is 840. The molecule has 0 unspecified atom stereocenters. The van der Waals surface area contributed by atoms with E-state index in [0.717, 1.165) is 0 Å². The van der Waals surface area contributed by atoms with Crippen molar-refractivity contribution in [2.75, 3.05) is 19.6 Å². The van der Waals surface area contributed by atoms with Crippen LogP contribution in [0.1, 0.15) is 51.9 Å². The number of amides is 3. The number of hydrogen-bond donors (Lipinski definition) is 8. The Hall–Kier alpha value is -2.97. The standard InChI is InChI=1S/C22H40N8O6/c1-12(31)16(24)18(33)29-22(10-13(11-22)6-7-23)20(36)30-9-3-5-15(30)17(32)28-14(19(34)35)4-2-8-27-21(25)26/h12-16,31H,2-11,23-24H2,1H3,(H,28,32)(H,29,33)(H,34,35)(H4,25,26,27)/t12-,13?,14+,15+,16+,22?/m1/s1. The number of guanidine groups is 1. The highest BCUT2D eigenvalue weighted by Crippen LogP contribution is 2.42. The summed E-state index contributed by atoms with van der Waals surface area (Å²) in [5.41, 5.74) is 20.7. The first-order valence-electron chi connectivity index (χ1n) is 12.3. The number of aliphatic imine (C=N–C) groups is 1. The summed E-state index contributed by atoms with van der Waals surface area (Å²) in [5.74, 6) is -2.83. The molecule has 0 aromatic heterocycles. The number of nitrogens with zero attached hydrogens (tertiary/aromatic N) is 2. The van der Waals surface area contributed by atoms with Gasteiger partial charge < -0.3 is 48.7 Å². The van der Waals surface area contributed by atoms with Crippen LogP contribution in [0.5, 0.6) is 0 Å². The molecule has 12 N–H and O–H groups in total. The van der Waals surface area contributed by atoms with Gasteiger partial charge in [-0.3, -0.25) is 19.4 Å². The van der Waals surface area contributed by atoms with Crippen LogP contribution in [-0.4, -0.2) is 94.2 Å². The van der Waals surface area contributed by atoms with Gasteiger partial charge in [0.1, 0.15) is 23.7 Å². The summed E-state index contributed by atoms with van der Waals surface area (Å²) in [6.45, 7) is 2.33. The molecule has 3 amide bonds. The first kappa shape index (κ1) is 29.3. The van der Waals surface area contributed by atoms with Crippen molar-refractivity contribution in [2.45, 2.75) is 81.6 Å². The zero-order valence-corrected chi connectivity index (χ0v) is 20.7. The number of carbonyl (C=O) groups excluding carboxylic acids is 3. The van der Waals surface area contributed by atoms with Gasteiger partial charge in [0, 0.05) is 13.1 Å². The number of likely N-dealkylation sites (tertiary alicyclic amines) is 1. The van der Waals surface area contributed by atoms with Gasteiger partial charge in [0.2, 0.25) is 17.7 Å². The van der Waals surface area contributed by atoms with Crippen LogP contribution in [0.15, 0.2) is 4.99 Å². The molecule has 0 spiro atoms. The van der Waals surface area contributed by atoms with E-state index in [1.54, 1.807) is 0 Å². The van der Waals surface area contributed by atoms with E-state index >= 15 is 0 Å². The Morgan fingerprint density at radius 2 is 1.89 bits per heavy atom. The molecule has 4 atom stereocenters. The normalized spacial score (nSPS) is 25.7. The van der Waals surface area contributed by atoms with E-state index in [9.17, 15) is 29.4 Å². The van der Waals surface area contributed by atoms with Crippen LogP contribution >= 0.6 is 0 Å². The molecule has 1 heterocycles. The van der Waals surface area contributed by atoms with Crippen molar-refractivity contribution in [1.29, 1.82) is 0 Å². The van der Waals surface area contributed by atoms with Crippen LogP contribution in [0.4, 0.5) is 0 Å². The second-order valence-corrected chi connectivity index (χ2v) is 9.69. The molecule has 14 heteroatoms. The molecule has 1 aliphatic carbocycles. The number of aliphatic carboxylic acids is 1. The molecule has 14 nitrogen and oxygen atoms in total. The maximum absolute atomic E-state index is 13.7. The highest BCUT2D eigenvalue weighted by molar-refractivity contribution is 5.97. The van der Waals surface area contributed by atoms with E-state index in [4.69, 9.17) is 22.9 Å². The third-order valence-corrected chi connectivity index (χ3v) is 6.82. The van der Waals surface area contributed by atoms with Crippen molar-refractivity contribution < 1.29 is 29.4 Å². The fourth-order valence-corrected chi connectivity index (χ4v) is 4.82. The summed E-state index contributed by atoms with van der Waals surface area (Å²) in [6, 6.07) is -3.25. The summed E-state index contributed by atoms with van der Waals surface area (Å²) < 4.78 is 0. The van der Waals surface area contributed by atoms with E-state index in [-0.39, 0.29) is 24.8 Å². The molecule has 0 aromatic carbocycles. The largest absolute Gasteiger partial charge is 0.480 e. The first-order valence-corrected chi connectivity index (χ1v) is 12.3. The molecular formula is C22H40N8O6. The van der Waals surface area contributed by atoms with Crippen molar-refractivity contribution in [3.63, 3.8) is 0 Å². The minimum absolute atomic E-state index is 0.105. The second-order valence-electron chi connectivity index (χ2n) is 9.69. The van der Waals surface area contributed by atoms with Crippen molar-refractivity contribution in [1.82, 2.24) is 15.5 Å². The van der Waals surface area contributed by atoms with Crippen molar-refractivity contribution in [2.24, 2.45) is 33.8 Å². The van der Waals surface area contributed by atoms with Gasteiger partial charge in [-0.05, 0) is 64.3 Å². The molecular weight excluding hydrogens is 472 g/mol. The highest BCUT2D eigenvalue weighted by Gasteiger charge is 2.54. The predicted molar refractivity (Wildman–Crippen MR) is 131 cm³/mol. The van der Waals surface area contributed by atoms with E-state index in [2.05, 4.69) is 15.6 Å². The molecule has 2 aliphatic rings. The maximum atomic E-state index is 13.7. The van der Waals surface area contributed by atoms with Crippen LogP contribution in [0.3, 0.4) is 0 Å². The molecule has 1 saturated carbocycles. The summed E-state index contributed by atoms with van der Waals surface area (Å²) in [4.78, 5) is 56.2. The number of nitrogens with two attached hydrogens (primary N) is 4. The van der Waals surface area contributed by atoms with E-state index in [1.807, 2.05) is 0 Å².